The van der Waals surface area contributed by atoms with E-state index in [1.807, 2.05) is 12.1 Å². The van der Waals surface area contributed by atoms with Crippen LogP contribution < -0.4 is 4.74 Å². The first-order chi connectivity index (χ1) is 12.9. The molecule has 0 amide bonds. The van der Waals surface area contributed by atoms with Crippen LogP contribution in [-0.4, -0.2) is 18.7 Å². The lowest BCUT2D eigenvalue weighted by Crippen LogP contribution is -2.29. The first kappa shape index (κ1) is 21.7. The monoisotopic (exact) mass is 376 g/mol. The maximum absolute atomic E-state index is 12.2. The number of hydrogen-bond acceptors (Lipinski definition) is 4. The van der Waals surface area contributed by atoms with Crippen molar-refractivity contribution in [1.29, 1.82) is 0 Å². The zero-order valence-electron chi connectivity index (χ0n) is 17.5. The van der Waals surface area contributed by atoms with Gasteiger partial charge in [-0.1, -0.05) is 47.0 Å². The minimum atomic E-state index is -0.442. The van der Waals surface area contributed by atoms with Crippen LogP contribution in [0.3, 0.4) is 0 Å². The summed E-state index contributed by atoms with van der Waals surface area (Å²) >= 11 is 0. The van der Waals surface area contributed by atoms with Gasteiger partial charge in [-0.2, -0.15) is 4.89 Å². The third-order valence-electron chi connectivity index (χ3n) is 5.52. The Morgan fingerprint density at radius 3 is 2.26 bits per heavy atom. The maximum Gasteiger partial charge on any atom is 0.373 e. The van der Waals surface area contributed by atoms with Crippen LogP contribution in [0.15, 0.2) is 24.3 Å². The molecule has 1 fully saturated rings. The molecule has 0 aromatic heterocycles. The number of hydrogen-bond donors (Lipinski definition) is 0. The van der Waals surface area contributed by atoms with Crippen LogP contribution in [0.1, 0.15) is 89.4 Å². The first-order valence-corrected chi connectivity index (χ1v) is 10.5. The molecule has 0 saturated heterocycles. The molecular weight excluding hydrogens is 340 g/mol. The van der Waals surface area contributed by atoms with E-state index in [0.717, 1.165) is 37.9 Å². The fourth-order valence-corrected chi connectivity index (χ4v) is 3.59. The molecule has 0 heterocycles. The van der Waals surface area contributed by atoms with Crippen molar-refractivity contribution in [2.24, 2.45) is 11.3 Å². The molecule has 0 N–H and O–H groups in total. The third-order valence-corrected chi connectivity index (χ3v) is 5.52. The largest absolute Gasteiger partial charge is 0.494 e. The van der Waals surface area contributed by atoms with Gasteiger partial charge in [-0.15, -0.1) is 0 Å². The molecular formula is C23H36O4. The van der Waals surface area contributed by atoms with Crippen LogP contribution in [-0.2, 0) is 9.78 Å². The van der Waals surface area contributed by atoms with E-state index in [1.165, 1.54) is 19.3 Å². The highest BCUT2D eigenvalue weighted by molar-refractivity contribution is 5.89. The van der Waals surface area contributed by atoms with E-state index in [0.29, 0.717) is 23.5 Å². The summed E-state index contributed by atoms with van der Waals surface area (Å²) in [5.41, 5.74) is 0.818. The molecule has 152 valence electrons. The molecule has 1 aromatic rings. The minimum absolute atomic E-state index is 0.0123. The lowest BCUT2D eigenvalue weighted by molar-refractivity contribution is -0.281. The summed E-state index contributed by atoms with van der Waals surface area (Å²) in [6, 6.07) is 7.07. The van der Waals surface area contributed by atoms with Crippen LogP contribution in [0, 0.1) is 11.3 Å². The second-order valence-electron chi connectivity index (χ2n) is 8.74. The van der Waals surface area contributed by atoms with Crippen LogP contribution in [0.25, 0.3) is 0 Å². The Hall–Kier alpha value is -1.55. The van der Waals surface area contributed by atoms with Gasteiger partial charge in [-0.25, -0.2) is 4.79 Å². The highest BCUT2D eigenvalue weighted by Gasteiger charge is 2.31. The van der Waals surface area contributed by atoms with E-state index in [-0.39, 0.29) is 6.10 Å². The number of benzene rings is 1. The van der Waals surface area contributed by atoms with E-state index >= 15 is 0 Å². The summed E-state index contributed by atoms with van der Waals surface area (Å²) in [6.07, 6.45) is 8.85. The number of ether oxygens (including phenoxy) is 1. The molecule has 0 unspecified atom stereocenters. The summed E-state index contributed by atoms with van der Waals surface area (Å²) < 4.78 is 5.70. The normalized spacial score (nSPS) is 20.3. The second-order valence-corrected chi connectivity index (χ2v) is 8.74. The van der Waals surface area contributed by atoms with E-state index in [1.54, 1.807) is 12.1 Å². The number of unbranched alkanes of at least 4 members (excludes halogenated alkanes) is 3. The molecule has 2 rings (SSSR count). The van der Waals surface area contributed by atoms with Crippen molar-refractivity contribution in [3.8, 4) is 5.75 Å². The third kappa shape index (κ3) is 7.53. The number of carbonyl (C=O) groups is 1. The molecule has 27 heavy (non-hydrogen) atoms. The Labute approximate surface area is 164 Å². The van der Waals surface area contributed by atoms with Crippen molar-refractivity contribution >= 4 is 5.97 Å². The predicted octanol–water partition coefficient (Wildman–Crippen LogP) is 6.34. The average Bonchev–Trinajstić information content (AvgIpc) is 2.66. The zero-order valence-corrected chi connectivity index (χ0v) is 17.5. The van der Waals surface area contributed by atoms with Crippen LogP contribution in [0.5, 0.6) is 5.75 Å². The van der Waals surface area contributed by atoms with Gasteiger partial charge < -0.3 is 4.74 Å². The van der Waals surface area contributed by atoms with Crippen molar-refractivity contribution in [3.05, 3.63) is 29.8 Å². The van der Waals surface area contributed by atoms with Gasteiger partial charge in [0.05, 0.1) is 12.2 Å². The lowest BCUT2D eigenvalue weighted by Gasteiger charge is -2.36. The summed E-state index contributed by atoms with van der Waals surface area (Å²) in [5, 5.41) is 0. The quantitative estimate of drug-likeness (QED) is 0.287. The van der Waals surface area contributed by atoms with Gasteiger partial charge in [0.2, 0.25) is 0 Å². The fraction of sp³-hybridized carbons (Fsp3) is 0.696. The molecule has 4 heteroatoms. The minimum Gasteiger partial charge on any atom is -0.494 e. The maximum atomic E-state index is 12.2. The SMILES string of the molecule is CCCCCCOc1ccc(C(=O)OOC2CCC(C(C)(C)C)CC2)cc1. The summed E-state index contributed by atoms with van der Waals surface area (Å²) in [5.74, 6) is 1.05. The van der Waals surface area contributed by atoms with E-state index in [9.17, 15) is 4.79 Å². The van der Waals surface area contributed by atoms with Gasteiger partial charge in [-0.3, -0.25) is 4.89 Å². The summed E-state index contributed by atoms with van der Waals surface area (Å²) in [7, 11) is 0. The Morgan fingerprint density at radius 2 is 1.67 bits per heavy atom. The highest BCUT2D eigenvalue weighted by Crippen LogP contribution is 2.38. The second kappa shape index (κ2) is 10.7. The Balaban J connectivity index is 1.69. The topological polar surface area (TPSA) is 44.8 Å². The molecule has 1 aliphatic carbocycles. The van der Waals surface area contributed by atoms with Gasteiger partial charge in [-0.05, 0) is 67.7 Å². The van der Waals surface area contributed by atoms with Crippen molar-refractivity contribution in [2.75, 3.05) is 6.61 Å². The fourth-order valence-electron chi connectivity index (χ4n) is 3.59. The van der Waals surface area contributed by atoms with Gasteiger partial charge in [0.25, 0.3) is 0 Å². The Morgan fingerprint density at radius 1 is 1.00 bits per heavy atom. The summed E-state index contributed by atoms with van der Waals surface area (Å²) in [4.78, 5) is 22.7. The highest BCUT2D eigenvalue weighted by atomic mass is 17.2. The summed E-state index contributed by atoms with van der Waals surface area (Å²) in [6.45, 7) is 9.77. The molecule has 1 aromatic carbocycles. The standard InChI is InChI=1S/C23H36O4/c1-5-6-7-8-17-25-20-13-9-18(10-14-20)22(24)27-26-21-15-11-19(12-16-21)23(2,3)4/h9-10,13-14,19,21H,5-8,11-12,15-17H2,1-4H3. The van der Waals surface area contributed by atoms with Gasteiger partial charge >= 0.3 is 5.97 Å². The van der Waals surface area contributed by atoms with Crippen molar-refractivity contribution < 1.29 is 19.3 Å². The molecule has 1 saturated carbocycles. The molecule has 4 nitrogen and oxygen atoms in total. The smallest absolute Gasteiger partial charge is 0.373 e. The Bertz CT molecular complexity index is 551. The zero-order chi connectivity index (χ0) is 19.7. The van der Waals surface area contributed by atoms with E-state index in [4.69, 9.17) is 14.5 Å². The number of rotatable bonds is 9. The van der Waals surface area contributed by atoms with E-state index in [2.05, 4.69) is 27.7 Å². The van der Waals surface area contributed by atoms with Crippen molar-refractivity contribution in [3.63, 3.8) is 0 Å². The van der Waals surface area contributed by atoms with Crippen LogP contribution in [0.2, 0.25) is 0 Å². The molecule has 0 spiro atoms. The van der Waals surface area contributed by atoms with Crippen molar-refractivity contribution in [2.45, 2.75) is 85.2 Å². The van der Waals surface area contributed by atoms with Crippen molar-refractivity contribution in [1.82, 2.24) is 0 Å². The van der Waals surface area contributed by atoms with Gasteiger partial charge in [0.15, 0.2) is 0 Å². The predicted molar refractivity (Wildman–Crippen MR) is 108 cm³/mol. The Kier molecular flexibility index (Phi) is 8.62. The molecule has 0 radical (unpaired) electrons. The molecule has 0 bridgehead atoms. The molecule has 0 atom stereocenters. The van der Waals surface area contributed by atoms with Gasteiger partial charge in [0.1, 0.15) is 11.9 Å². The van der Waals surface area contributed by atoms with Gasteiger partial charge in [0, 0.05) is 0 Å². The number of carbonyl (C=O) groups excluding carboxylic acids is 1. The molecule has 0 aliphatic heterocycles. The average molecular weight is 377 g/mol. The molecule has 1 aliphatic rings. The lowest BCUT2D eigenvalue weighted by atomic mass is 9.72. The van der Waals surface area contributed by atoms with Crippen LogP contribution in [0.4, 0.5) is 0 Å². The van der Waals surface area contributed by atoms with E-state index < -0.39 is 5.97 Å². The first-order valence-electron chi connectivity index (χ1n) is 10.5. The van der Waals surface area contributed by atoms with Crippen LogP contribution >= 0.6 is 0 Å².